The Morgan fingerprint density at radius 3 is 2.50 bits per heavy atom. The third kappa shape index (κ3) is 1.74. The lowest BCUT2D eigenvalue weighted by atomic mass is 10.0. The fourth-order valence-electron chi connectivity index (χ4n) is 3.80. The first-order valence-corrected chi connectivity index (χ1v) is 7.20. The van der Waals surface area contributed by atoms with Crippen LogP contribution < -0.4 is 10.6 Å². The molecule has 1 heterocycles. The van der Waals surface area contributed by atoms with E-state index in [1.165, 1.54) is 37.2 Å². The zero-order valence-corrected chi connectivity index (χ0v) is 11.5. The van der Waals surface area contributed by atoms with Gasteiger partial charge in [0.2, 0.25) is 0 Å². The molecule has 0 spiro atoms. The molecule has 1 aliphatic carbocycles. The van der Waals surface area contributed by atoms with E-state index >= 15 is 0 Å². The van der Waals surface area contributed by atoms with Crippen LogP contribution in [0.5, 0.6) is 0 Å². The zero-order valence-electron chi connectivity index (χ0n) is 11.5. The molecule has 2 aliphatic rings. The molecule has 0 aromatic heterocycles. The Labute approximate surface area is 110 Å². The van der Waals surface area contributed by atoms with E-state index in [9.17, 15) is 0 Å². The van der Waals surface area contributed by atoms with Crippen molar-refractivity contribution in [3.63, 3.8) is 0 Å². The van der Waals surface area contributed by atoms with Crippen molar-refractivity contribution in [1.29, 1.82) is 0 Å². The number of para-hydroxylation sites is 1. The molecule has 2 N–H and O–H groups in total. The van der Waals surface area contributed by atoms with E-state index in [-0.39, 0.29) is 0 Å². The Hall–Kier alpha value is -1.02. The molecule has 2 atom stereocenters. The van der Waals surface area contributed by atoms with Crippen LogP contribution in [0.1, 0.15) is 38.2 Å². The van der Waals surface area contributed by atoms with Crippen molar-refractivity contribution in [2.75, 3.05) is 24.5 Å². The number of benzene rings is 1. The van der Waals surface area contributed by atoms with Gasteiger partial charge in [-0.3, -0.25) is 0 Å². The van der Waals surface area contributed by atoms with Crippen molar-refractivity contribution in [2.24, 2.45) is 17.1 Å². The summed E-state index contributed by atoms with van der Waals surface area (Å²) in [7, 11) is 0. The molecule has 1 saturated carbocycles. The molecule has 18 heavy (non-hydrogen) atoms. The van der Waals surface area contributed by atoms with Crippen molar-refractivity contribution in [1.82, 2.24) is 0 Å². The highest BCUT2D eigenvalue weighted by molar-refractivity contribution is 5.58. The van der Waals surface area contributed by atoms with Crippen molar-refractivity contribution < 1.29 is 0 Å². The third-order valence-electron chi connectivity index (χ3n) is 5.02. The van der Waals surface area contributed by atoms with E-state index in [0.717, 1.165) is 6.54 Å². The normalized spacial score (nSPS) is 29.6. The summed E-state index contributed by atoms with van der Waals surface area (Å²) in [5, 5.41) is 0. The van der Waals surface area contributed by atoms with Crippen molar-refractivity contribution in [2.45, 2.75) is 32.6 Å². The summed E-state index contributed by atoms with van der Waals surface area (Å²) in [5.41, 5.74) is 9.30. The van der Waals surface area contributed by atoms with Crippen LogP contribution >= 0.6 is 0 Å². The van der Waals surface area contributed by atoms with E-state index in [0.29, 0.717) is 17.3 Å². The van der Waals surface area contributed by atoms with Gasteiger partial charge in [-0.05, 0) is 48.3 Å². The summed E-state index contributed by atoms with van der Waals surface area (Å²) in [4.78, 5) is 2.55. The van der Waals surface area contributed by atoms with E-state index < -0.39 is 0 Å². The molecule has 1 aromatic rings. The Kier molecular flexibility index (Phi) is 2.86. The molecule has 1 aromatic carbocycles. The molecular formula is C16H24N2. The van der Waals surface area contributed by atoms with Gasteiger partial charge in [-0.25, -0.2) is 0 Å². The molecular weight excluding hydrogens is 220 g/mol. The van der Waals surface area contributed by atoms with Gasteiger partial charge in [-0.1, -0.05) is 32.0 Å². The van der Waals surface area contributed by atoms with E-state index in [1.807, 2.05) is 0 Å². The number of nitrogens with two attached hydrogens (primary N) is 1. The highest BCUT2D eigenvalue weighted by Gasteiger charge is 2.57. The fraction of sp³-hybridized carbons (Fsp3) is 0.625. The van der Waals surface area contributed by atoms with Crippen LogP contribution in [0.25, 0.3) is 0 Å². The first kappa shape index (κ1) is 12.0. The Bertz CT molecular complexity index is 432. The Morgan fingerprint density at radius 1 is 1.22 bits per heavy atom. The Balaban J connectivity index is 1.93. The number of nitrogens with zero attached hydrogens (tertiary/aromatic N) is 1. The van der Waals surface area contributed by atoms with Crippen LogP contribution in [-0.4, -0.2) is 19.6 Å². The minimum absolute atomic E-state index is 0.380. The average Bonchev–Trinajstić information content (AvgIpc) is 2.76. The first-order valence-electron chi connectivity index (χ1n) is 7.20. The van der Waals surface area contributed by atoms with E-state index in [1.54, 1.807) is 0 Å². The van der Waals surface area contributed by atoms with Crippen molar-refractivity contribution in [3.8, 4) is 0 Å². The second-order valence-corrected chi connectivity index (χ2v) is 6.39. The minimum Gasteiger partial charge on any atom is -0.371 e. The van der Waals surface area contributed by atoms with Gasteiger partial charge in [0, 0.05) is 18.8 Å². The number of hydrogen-bond donors (Lipinski definition) is 1. The molecule has 0 radical (unpaired) electrons. The summed E-state index contributed by atoms with van der Waals surface area (Å²) in [6, 6.07) is 8.96. The van der Waals surface area contributed by atoms with Crippen LogP contribution in [0, 0.1) is 11.3 Å². The summed E-state index contributed by atoms with van der Waals surface area (Å²) in [6.07, 6.45) is 2.67. The van der Waals surface area contributed by atoms with Gasteiger partial charge < -0.3 is 10.6 Å². The summed E-state index contributed by atoms with van der Waals surface area (Å²) >= 11 is 0. The number of anilines is 1. The van der Waals surface area contributed by atoms with Crippen LogP contribution in [0.3, 0.4) is 0 Å². The van der Waals surface area contributed by atoms with Gasteiger partial charge in [-0.2, -0.15) is 0 Å². The second kappa shape index (κ2) is 4.27. The minimum atomic E-state index is 0.380. The first-order chi connectivity index (χ1) is 8.66. The maximum absolute atomic E-state index is 5.93. The molecule has 3 rings (SSSR count). The lowest BCUT2D eigenvalue weighted by Crippen LogP contribution is -2.19. The number of hydrogen-bond acceptors (Lipinski definition) is 2. The third-order valence-corrected chi connectivity index (χ3v) is 5.02. The smallest absolute Gasteiger partial charge is 0.0401 e. The lowest BCUT2D eigenvalue weighted by molar-refractivity contribution is 0.558. The van der Waals surface area contributed by atoms with Crippen molar-refractivity contribution in [3.05, 3.63) is 29.8 Å². The molecule has 98 valence electrons. The van der Waals surface area contributed by atoms with Crippen LogP contribution in [0.2, 0.25) is 0 Å². The fourth-order valence-corrected chi connectivity index (χ4v) is 3.80. The second-order valence-electron chi connectivity index (χ2n) is 6.39. The molecule has 2 fully saturated rings. The Morgan fingerprint density at radius 2 is 1.89 bits per heavy atom. The van der Waals surface area contributed by atoms with Gasteiger partial charge in [0.25, 0.3) is 0 Å². The molecule has 0 bridgehead atoms. The standard InChI is InChI=1S/C16H24N2/c1-16(2)13(11-17)15(16)12-7-3-4-8-14(12)18-9-5-6-10-18/h3-4,7-8,13,15H,5-6,9-11,17H2,1-2H3/t13-,15-/m1/s1. The summed E-state index contributed by atoms with van der Waals surface area (Å²) in [5.74, 6) is 1.31. The summed E-state index contributed by atoms with van der Waals surface area (Å²) in [6.45, 7) is 7.97. The van der Waals surface area contributed by atoms with Gasteiger partial charge in [0.1, 0.15) is 0 Å². The number of rotatable bonds is 3. The van der Waals surface area contributed by atoms with Crippen LogP contribution in [-0.2, 0) is 0 Å². The van der Waals surface area contributed by atoms with Crippen LogP contribution in [0.15, 0.2) is 24.3 Å². The molecule has 0 amide bonds. The largest absolute Gasteiger partial charge is 0.371 e. The van der Waals surface area contributed by atoms with Gasteiger partial charge >= 0.3 is 0 Å². The monoisotopic (exact) mass is 244 g/mol. The van der Waals surface area contributed by atoms with Crippen LogP contribution in [0.4, 0.5) is 5.69 Å². The maximum atomic E-state index is 5.93. The van der Waals surface area contributed by atoms with E-state index in [4.69, 9.17) is 5.73 Å². The van der Waals surface area contributed by atoms with Crippen molar-refractivity contribution >= 4 is 5.69 Å². The molecule has 2 nitrogen and oxygen atoms in total. The highest BCUT2D eigenvalue weighted by Crippen LogP contribution is 2.65. The summed E-state index contributed by atoms with van der Waals surface area (Å²) < 4.78 is 0. The predicted molar refractivity (Wildman–Crippen MR) is 77.0 cm³/mol. The average molecular weight is 244 g/mol. The maximum Gasteiger partial charge on any atom is 0.0401 e. The van der Waals surface area contributed by atoms with E-state index in [2.05, 4.69) is 43.0 Å². The predicted octanol–water partition coefficient (Wildman–Crippen LogP) is 2.99. The SMILES string of the molecule is CC1(C)[C@H](CN)[C@H]1c1ccccc1N1CCCC1. The molecule has 1 saturated heterocycles. The molecule has 0 unspecified atom stereocenters. The van der Waals surface area contributed by atoms with Gasteiger partial charge in [0.15, 0.2) is 0 Å². The molecule has 2 heteroatoms. The lowest BCUT2D eigenvalue weighted by Gasteiger charge is -2.22. The zero-order chi connectivity index (χ0) is 12.8. The van der Waals surface area contributed by atoms with Gasteiger partial charge in [0.05, 0.1) is 0 Å². The topological polar surface area (TPSA) is 29.3 Å². The quantitative estimate of drug-likeness (QED) is 0.885. The van der Waals surface area contributed by atoms with Gasteiger partial charge in [-0.15, -0.1) is 0 Å². The molecule has 1 aliphatic heterocycles. The highest BCUT2D eigenvalue weighted by atomic mass is 15.1.